The second kappa shape index (κ2) is 5.30. The molecule has 0 bridgehead atoms. The van der Waals surface area contributed by atoms with Crippen LogP contribution >= 0.6 is 0 Å². The van der Waals surface area contributed by atoms with Crippen LogP contribution in [-0.2, 0) is 9.53 Å². The fraction of sp³-hybridized carbons (Fsp3) is 0.938. The van der Waals surface area contributed by atoms with Crippen molar-refractivity contribution < 1.29 is 14.6 Å². The van der Waals surface area contributed by atoms with Crippen molar-refractivity contribution in [1.29, 1.82) is 0 Å². The van der Waals surface area contributed by atoms with Crippen molar-refractivity contribution in [2.75, 3.05) is 19.6 Å². The summed E-state index contributed by atoms with van der Waals surface area (Å²) in [6, 6.07) is 0. The molecular weight excluding hydrogens is 254 g/mol. The molecule has 3 fully saturated rings. The molecule has 4 heteroatoms. The van der Waals surface area contributed by atoms with E-state index in [1.165, 1.54) is 32.1 Å². The zero-order chi connectivity index (χ0) is 14.2. The summed E-state index contributed by atoms with van der Waals surface area (Å²) in [5.41, 5.74) is -0.377. The van der Waals surface area contributed by atoms with E-state index in [0.29, 0.717) is 12.6 Å². The Bertz CT molecular complexity index is 378. The van der Waals surface area contributed by atoms with E-state index < -0.39 is 11.4 Å². The number of hydrogen-bond donors (Lipinski definition) is 1. The third-order valence-electron chi connectivity index (χ3n) is 5.61. The van der Waals surface area contributed by atoms with E-state index in [2.05, 4.69) is 4.90 Å². The Labute approximate surface area is 121 Å². The topological polar surface area (TPSA) is 49.8 Å². The van der Waals surface area contributed by atoms with Gasteiger partial charge >= 0.3 is 5.97 Å². The molecule has 1 saturated carbocycles. The average molecular weight is 281 g/mol. The molecular formula is C16H27NO3. The highest BCUT2D eigenvalue weighted by molar-refractivity contribution is 5.74. The van der Waals surface area contributed by atoms with Gasteiger partial charge < -0.3 is 9.84 Å². The summed E-state index contributed by atoms with van der Waals surface area (Å²) in [7, 11) is 0. The van der Waals surface area contributed by atoms with Crippen LogP contribution in [0.25, 0.3) is 0 Å². The molecule has 1 spiro atoms. The van der Waals surface area contributed by atoms with Gasteiger partial charge in [-0.2, -0.15) is 0 Å². The largest absolute Gasteiger partial charge is 0.481 e. The number of carbonyl (C=O) groups is 1. The van der Waals surface area contributed by atoms with Gasteiger partial charge in [0, 0.05) is 13.1 Å². The lowest BCUT2D eigenvalue weighted by Gasteiger charge is -2.38. The van der Waals surface area contributed by atoms with Crippen molar-refractivity contribution in [2.24, 2.45) is 5.41 Å². The molecule has 3 aliphatic rings. The Morgan fingerprint density at radius 3 is 2.70 bits per heavy atom. The molecule has 3 rings (SSSR count). The van der Waals surface area contributed by atoms with E-state index in [1.807, 2.05) is 6.92 Å². The van der Waals surface area contributed by atoms with Crippen LogP contribution in [0.2, 0.25) is 0 Å². The number of carboxylic acid groups (broad SMARTS) is 1. The first-order valence-electron chi connectivity index (χ1n) is 8.15. The SMILES string of the molecule is CC1(C(=O)O)CCCN(CC2CCC3(CCCC3)O2)C1. The Balaban J connectivity index is 1.55. The van der Waals surface area contributed by atoms with Crippen molar-refractivity contribution in [2.45, 2.75) is 70.0 Å². The summed E-state index contributed by atoms with van der Waals surface area (Å²) in [5, 5.41) is 9.39. The molecule has 2 atom stereocenters. The van der Waals surface area contributed by atoms with Crippen molar-refractivity contribution in [3.05, 3.63) is 0 Å². The van der Waals surface area contributed by atoms with Crippen LogP contribution < -0.4 is 0 Å². The first-order valence-corrected chi connectivity index (χ1v) is 8.15. The highest BCUT2D eigenvalue weighted by Gasteiger charge is 2.44. The van der Waals surface area contributed by atoms with E-state index in [4.69, 9.17) is 4.74 Å². The third-order valence-corrected chi connectivity index (χ3v) is 5.61. The molecule has 2 aliphatic heterocycles. The van der Waals surface area contributed by atoms with Gasteiger partial charge in [-0.05, 0) is 52.0 Å². The molecule has 2 heterocycles. The molecule has 114 valence electrons. The summed E-state index contributed by atoms with van der Waals surface area (Å²) < 4.78 is 6.35. The highest BCUT2D eigenvalue weighted by Crippen LogP contribution is 2.43. The molecule has 4 nitrogen and oxygen atoms in total. The van der Waals surface area contributed by atoms with E-state index in [1.54, 1.807) is 0 Å². The van der Waals surface area contributed by atoms with E-state index in [0.717, 1.165) is 32.4 Å². The molecule has 0 radical (unpaired) electrons. The maximum absolute atomic E-state index is 11.4. The van der Waals surface area contributed by atoms with Crippen LogP contribution in [0.4, 0.5) is 0 Å². The summed E-state index contributed by atoms with van der Waals surface area (Å²) in [5.74, 6) is -0.651. The number of piperidine rings is 1. The summed E-state index contributed by atoms with van der Waals surface area (Å²) in [4.78, 5) is 13.7. The standard InChI is InChI=1S/C16H27NO3/c1-15(14(18)19)6-4-10-17(12-15)11-13-5-9-16(20-13)7-2-3-8-16/h13H,2-12H2,1H3,(H,18,19). The Morgan fingerprint density at radius 1 is 1.25 bits per heavy atom. The maximum Gasteiger partial charge on any atom is 0.310 e. The molecule has 1 aliphatic carbocycles. The summed E-state index contributed by atoms with van der Waals surface area (Å²) >= 11 is 0. The zero-order valence-electron chi connectivity index (χ0n) is 12.6. The molecule has 1 N–H and O–H groups in total. The van der Waals surface area contributed by atoms with Crippen molar-refractivity contribution in [3.8, 4) is 0 Å². The monoisotopic (exact) mass is 281 g/mol. The molecule has 0 aromatic rings. The van der Waals surface area contributed by atoms with Gasteiger partial charge in [0.1, 0.15) is 0 Å². The highest BCUT2D eigenvalue weighted by atomic mass is 16.5. The average Bonchev–Trinajstić information content (AvgIpc) is 3.01. The Morgan fingerprint density at radius 2 is 2.00 bits per heavy atom. The molecule has 20 heavy (non-hydrogen) atoms. The van der Waals surface area contributed by atoms with E-state index >= 15 is 0 Å². The van der Waals surface area contributed by atoms with Crippen LogP contribution in [0.15, 0.2) is 0 Å². The number of hydrogen-bond acceptors (Lipinski definition) is 3. The second-order valence-electron chi connectivity index (χ2n) is 7.37. The van der Waals surface area contributed by atoms with Crippen LogP contribution in [0.3, 0.4) is 0 Å². The predicted molar refractivity (Wildman–Crippen MR) is 76.7 cm³/mol. The van der Waals surface area contributed by atoms with Crippen LogP contribution in [0, 0.1) is 5.41 Å². The fourth-order valence-corrected chi connectivity index (χ4v) is 4.37. The second-order valence-corrected chi connectivity index (χ2v) is 7.37. The van der Waals surface area contributed by atoms with Crippen LogP contribution in [0.5, 0.6) is 0 Å². The summed E-state index contributed by atoms with van der Waals surface area (Å²) in [6.45, 7) is 4.50. The molecule has 0 aromatic carbocycles. The number of nitrogens with zero attached hydrogens (tertiary/aromatic N) is 1. The van der Waals surface area contributed by atoms with Crippen molar-refractivity contribution in [1.82, 2.24) is 4.90 Å². The normalized spacial score (nSPS) is 37.5. The third kappa shape index (κ3) is 2.73. The van der Waals surface area contributed by atoms with Gasteiger partial charge in [0.2, 0.25) is 0 Å². The quantitative estimate of drug-likeness (QED) is 0.864. The first kappa shape index (κ1) is 14.3. The molecule has 0 aromatic heterocycles. The van der Waals surface area contributed by atoms with E-state index in [-0.39, 0.29) is 5.60 Å². The minimum atomic E-state index is -0.651. The number of aliphatic carboxylic acids is 1. The number of carboxylic acids is 1. The van der Waals surface area contributed by atoms with Gasteiger partial charge in [0.25, 0.3) is 0 Å². The van der Waals surface area contributed by atoms with Gasteiger partial charge in [0.15, 0.2) is 0 Å². The zero-order valence-corrected chi connectivity index (χ0v) is 12.6. The van der Waals surface area contributed by atoms with Crippen molar-refractivity contribution in [3.63, 3.8) is 0 Å². The van der Waals surface area contributed by atoms with Crippen molar-refractivity contribution >= 4 is 5.97 Å². The lowest BCUT2D eigenvalue weighted by molar-refractivity contribution is -0.151. The van der Waals surface area contributed by atoms with E-state index in [9.17, 15) is 9.90 Å². The lowest BCUT2D eigenvalue weighted by Crippen LogP contribution is -2.48. The molecule has 2 unspecified atom stereocenters. The predicted octanol–water partition coefficient (Wildman–Crippen LogP) is 2.66. The summed E-state index contributed by atoms with van der Waals surface area (Å²) in [6.07, 6.45) is 9.56. The van der Waals surface area contributed by atoms with Gasteiger partial charge in [-0.1, -0.05) is 12.8 Å². The van der Waals surface area contributed by atoms with Gasteiger partial charge in [-0.3, -0.25) is 9.69 Å². The Hall–Kier alpha value is -0.610. The van der Waals surface area contributed by atoms with Crippen LogP contribution in [-0.4, -0.2) is 47.3 Å². The number of rotatable bonds is 3. The molecule has 2 saturated heterocycles. The first-order chi connectivity index (χ1) is 9.51. The minimum absolute atomic E-state index is 0.191. The van der Waals surface area contributed by atoms with Crippen LogP contribution in [0.1, 0.15) is 58.3 Å². The lowest BCUT2D eigenvalue weighted by atomic mass is 9.82. The number of likely N-dealkylation sites (tertiary alicyclic amines) is 1. The maximum atomic E-state index is 11.4. The molecule has 0 amide bonds. The number of ether oxygens (including phenoxy) is 1. The smallest absolute Gasteiger partial charge is 0.310 e. The fourth-order valence-electron chi connectivity index (χ4n) is 4.37. The Kier molecular flexibility index (Phi) is 3.80. The minimum Gasteiger partial charge on any atom is -0.481 e. The van der Waals surface area contributed by atoms with Gasteiger partial charge in [0.05, 0.1) is 17.1 Å². The van der Waals surface area contributed by atoms with Gasteiger partial charge in [-0.25, -0.2) is 0 Å². The van der Waals surface area contributed by atoms with Gasteiger partial charge in [-0.15, -0.1) is 0 Å².